The zero-order chi connectivity index (χ0) is 14.8. The van der Waals surface area contributed by atoms with Crippen LogP contribution in [0.1, 0.15) is 65.7 Å². The predicted octanol–water partition coefficient (Wildman–Crippen LogP) is 4.80. The van der Waals surface area contributed by atoms with E-state index in [1.54, 1.807) is 0 Å². The number of aliphatic hydroxyl groups is 1. The molecule has 8 atom stereocenters. The molecule has 4 rings (SSSR count). The highest BCUT2D eigenvalue weighted by molar-refractivity contribution is 5.14. The van der Waals surface area contributed by atoms with Gasteiger partial charge < -0.3 is 5.11 Å². The zero-order valence-corrected chi connectivity index (χ0v) is 14.0. The van der Waals surface area contributed by atoms with E-state index in [4.69, 9.17) is 0 Å². The van der Waals surface area contributed by atoms with Crippen LogP contribution in [-0.4, -0.2) is 11.2 Å². The fourth-order valence-corrected chi connectivity index (χ4v) is 7.15. The van der Waals surface area contributed by atoms with Crippen molar-refractivity contribution in [2.45, 2.75) is 71.8 Å². The van der Waals surface area contributed by atoms with Crippen molar-refractivity contribution < 1.29 is 5.11 Å². The van der Waals surface area contributed by atoms with Crippen molar-refractivity contribution >= 4 is 0 Å². The fraction of sp³-hybridized carbons (Fsp3) is 0.900. The molecule has 0 spiro atoms. The molecule has 0 aliphatic heterocycles. The average molecular weight is 288 g/mol. The van der Waals surface area contributed by atoms with E-state index in [9.17, 15) is 5.11 Å². The van der Waals surface area contributed by atoms with Crippen LogP contribution in [0, 0.1) is 40.4 Å². The topological polar surface area (TPSA) is 20.2 Å². The maximum atomic E-state index is 10.2. The van der Waals surface area contributed by atoms with Gasteiger partial charge in [-0.25, -0.2) is 0 Å². The smallest absolute Gasteiger partial charge is 0.0726 e. The third-order valence-electron chi connectivity index (χ3n) is 8.63. The fourth-order valence-electron chi connectivity index (χ4n) is 7.15. The molecule has 0 saturated heterocycles. The molecule has 3 unspecified atom stereocenters. The molecule has 1 N–H and O–H groups in total. The second-order valence-corrected chi connectivity index (χ2v) is 9.25. The molecular weight excluding hydrogens is 256 g/mol. The number of hydrogen-bond donors (Lipinski definition) is 1. The lowest BCUT2D eigenvalue weighted by molar-refractivity contribution is -0.100. The van der Waals surface area contributed by atoms with Gasteiger partial charge in [-0.15, -0.1) is 0 Å². The maximum Gasteiger partial charge on any atom is 0.0726 e. The summed E-state index contributed by atoms with van der Waals surface area (Å²) in [5, 5.41) is 10.2. The standard InChI is InChI=1S/C20H32O/c1-13-4-9-17-16-8-6-14-5-7-15(21)12-20(14,3)18(16)10-11-19(13,17)2/h5,7,13-18,21H,4,6,8-12H2,1-3H3/t13?,14?,15?,16-,17-,18+,19+,20-/m0/s1. The lowest BCUT2D eigenvalue weighted by Gasteiger charge is -2.59. The van der Waals surface area contributed by atoms with E-state index in [-0.39, 0.29) is 6.10 Å². The molecule has 0 radical (unpaired) electrons. The molecule has 0 bridgehead atoms. The largest absolute Gasteiger partial charge is 0.389 e. The van der Waals surface area contributed by atoms with Gasteiger partial charge in [0.05, 0.1) is 6.10 Å². The molecule has 4 aliphatic carbocycles. The van der Waals surface area contributed by atoms with Crippen LogP contribution in [0.3, 0.4) is 0 Å². The quantitative estimate of drug-likeness (QED) is 0.635. The Balaban J connectivity index is 1.67. The molecule has 118 valence electrons. The summed E-state index contributed by atoms with van der Waals surface area (Å²) >= 11 is 0. The lowest BCUT2D eigenvalue weighted by Crippen LogP contribution is -2.53. The van der Waals surface area contributed by atoms with E-state index >= 15 is 0 Å². The van der Waals surface area contributed by atoms with Crippen molar-refractivity contribution in [3.63, 3.8) is 0 Å². The van der Waals surface area contributed by atoms with Crippen LogP contribution in [0.25, 0.3) is 0 Å². The predicted molar refractivity (Wildman–Crippen MR) is 86.8 cm³/mol. The van der Waals surface area contributed by atoms with E-state index in [1.165, 1.54) is 38.5 Å². The third-order valence-corrected chi connectivity index (χ3v) is 8.63. The van der Waals surface area contributed by atoms with Gasteiger partial charge in [-0.2, -0.15) is 0 Å². The minimum absolute atomic E-state index is 0.194. The first-order chi connectivity index (χ1) is 9.95. The van der Waals surface area contributed by atoms with Crippen molar-refractivity contribution in [1.82, 2.24) is 0 Å². The number of rotatable bonds is 0. The minimum atomic E-state index is -0.194. The molecular formula is C20H32O. The first-order valence-electron chi connectivity index (χ1n) is 9.31. The lowest BCUT2D eigenvalue weighted by atomic mass is 9.45. The van der Waals surface area contributed by atoms with Gasteiger partial charge in [0.1, 0.15) is 0 Å². The summed E-state index contributed by atoms with van der Waals surface area (Å²) in [4.78, 5) is 0. The SMILES string of the molecule is CC1CC[C@H]2[C@@H]3CCC4C=CC(O)C[C@]4(C)[C@@H]3CC[C@]12C. The molecule has 1 heteroatoms. The van der Waals surface area contributed by atoms with Crippen molar-refractivity contribution in [3.8, 4) is 0 Å². The van der Waals surface area contributed by atoms with E-state index in [0.717, 1.165) is 36.0 Å². The average Bonchev–Trinajstić information content (AvgIpc) is 2.74. The van der Waals surface area contributed by atoms with Crippen LogP contribution in [0.2, 0.25) is 0 Å². The maximum absolute atomic E-state index is 10.2. The summed E-state index contributed by atoms with van der Waals surface area (Å²) in [6, 6.07) is 0. The Morgan fingerprint density at radius 1 is 0.905 bits per heavy atom. The van der Waals surface area contributed by atoms with Gasteiger partial charge in [0.2, 0.25) is 0 Å². The highest BCUT2D eigenvalue weighted by atomic mass is 16.3. The number of allylic oxidation sites excluding steroid dienone is 1. The molecule has 0 amide bonds. The van der Waals surface area contributed by atoms with Crippen molar-refractivity contribution in [2.75, 3.05) is 0 Å². The van der Waals surface area contributed by atoms with E-state index in [1.807, 2.05) is 0 Å². The van der Waals surface area contributed by atoms with Gasteiger partial charge >= 0.3 is 0 Å². The number of aliphatic hydroxyl groups excluding tert-OH is 1. The molecule has 0 heterocycles. The van der Waals surface area contributed by atoms with Crippen LogP contribution in [0.5, 0.6) is 0 Å². The Kier molecular flexibility index (Phi) is 3.13. The normalized spacial score (nSPS) is 59.2. The Morgan fingerprint density at radius 3 is 2.48 bits per heavy atom. The molecule has 1 nitrogen and oxygen atoms in total. The van der Waals surface area contributed by atoms with Crippen molar-refractivity contribution in [1.29, 1.82) is 0 Å². The Morgan fingerprint density at radius 2 is 1.67 bits per heavy atom. The van der Waals surface area contributed by atoms with Gasteiger partial charge in [-0.3, -0.25) is 0 Å². The van der Waals surface area contributed by atoms with Gasteiger partial charge in [-0.1, -0.05) is 32.9 Å². The second kappa shape index (κ2) is 4.60. The summed E-state index contributed by atoms with van der Waals surface area (Å²) < 4.78 is 0. The second-order valence-electron chi connectivity index (χ2n) is 9.25. The summed E-state index contributed by atoms with van der Waals surface area (Å²) in [7, 11) is 0. The van der Waals surface area contributed by atoms with E-state index in [2.05, 4.69) is 32.9 Å². The Labute approximate surface area is 130 Å². The van der Waals surface area contributed by atoms with Crippen LogP contribution in [0.15, 0.2) is 12.2 Å². The van der Waals surface area contributed by atoms with Crippen LogP contribution >= 0.6 is 0 Å². The highest BCUT2D eigenvalue weighted by Gasteiger charge is 2.58. The molecule has 3 fully saturated rings. The number of hydrogen-bond acceptors (Lipinski definition) is 1. The van der Waals surface area contributed by atoms with E-state index in [0.29, 0.717) is 10.8 Å². The first-order valence-corrected chi connectivity index (χ1v) is 9.31. The van der Waals surface area contributed by atoms with Crippen LogP contribution in [0.4, 0.5) is 0 Å². The Hall–Kier alpha value is -0.300. The molecule has 0 aromatic rings. The van der Waals surface area contributed by atoms with Gasteiger partial charge in [0, 0.05) is 0 Å². The molecule has 0 aromatic carbocycles. The third kappa shape index (κ3) is 1.85. The van der Waals surface area contributed by atoms with Crippen LogP contribution < -0.4 is 0 Å². The van der Waals surface area contributed by atoms with Gasteiger partial charge in [0.25, 0.3) is 0 Å². The first kappa shape index (κ1) is 14.3. The highest BCUT2D eigenvalue weighted by Crippen LogP contribution is 2.66. The van der Waals surface area contributed by atoms with Gasteiger partial charge in [0.15, 0.2) is 0 Å². The van der Waals surface area contributed by atoms with Crippen LogP contribution in [-0.2, 0) is 0 Å². The van der Waals surface area contributed by atoms with Gasteiger partial charge in [-0.05, 0) is 85.4 Å². The van der Waals surface area contributed by atoms with Crippen molar-refractivity contribution in [2.24, 2.45) is 40.4 Å². The summed E-state index contributed by atoms with van der Waals surface area (Å²) in [5.41, 5.74) is 0.984. The van der Waals surface area contributed by atoms with E-state index < -0.39 is 0 Å². The zero-order valence-electron chi connectivity index (χ0n) is 14.0. The number of fused-ring (bicyclic) bond motifs is 5. The monoisotopic (exact) mass is 288 g/mol. The summed E-state index contributed by atoms with van der Waals surface area (Å²) in [6.07, 6.45) is 13.8. The Bertz CT molecular complexity index is 455. The van der Waals surface area contributed by atoms with Crippen molar-refractivity contribution in [3.05, 3.63) is 12.2 Å². The summed E-state index contributed by atoms with van der Waals surface area (Å²) in [6.45, 7) is 7.60. The molecule has 3 saturated carbocycles. The molecule has 4 aliphatic rings. The minimum Gasteiger partial charge on any atom is -0.389 e. The molecule has 21 heavy (non-hydrogen) atoms. The summed E-state index contributed by atoms with van der Waals surface area (Å²) in [5.74, 6) is 4.41. The molecule has 0 aromatic heterocycles.